The Morgan fingerprint density at radius 1 is 1.23 bits per heavy atom. The topological polar surface area (TPSA) is 60.3 Å². The van der Waals surface area contributed by atoms with Gasteiger partial charge in [-0.2, -0.15) is 0 Å². The number of aromatic nitrogens is 1. The molecule has 0 bridgehead atoms. The summed E-state index contributed by atoms with van der Waals surface area (Å²) in [5, 5.41) is 2.92. The second-order valence-electron chi connectivity index (χ2n) is 6.51. The third-order valence-electron chi connectivity index (χ3n) is 4.67. The molecule has 1 aromatic rings. The summed E-state index contributed by atoms with van der Waals surface area (Å²) in [6.07, 6.45) is 6.74. The van der Waals surface area contributed by atoms with Gasteiger partial charge in [-0.05, 0) is 45.6 Å². The molecule has 5 nitrogen and oxygen atoms in total. The van der Waals surface area contributed by atoms with Gasteiger partial charge in [0.15, 0.2) is 6.61 Å². The van der Waals surface area contributed by atoms with E-state index in [2.05, 4.69) is 9.88 Å². The minimum atomic E-state index is -0.401. The predicted octanol–water partition coefficient (Wildman–Crippen LogP) is 2.66. The van der Waals surface area contributed by atoms with Gasteiger partial charge in [0, 0.05) is 23.5 Å². The Bertz CT molecular complexity index is 581. The molecular formula is C17H24N2O3. The zero-order valence-corrected chi connectivity index (χ0v) is 13.4. The van der Waals surface area contributed by atoms with E-state index in [-0.39, 0.29) is 18.6 Å². The quantitative estimate of drug-likeness (QED) is 0.851. The Morgan fingerprint density at radius 3 is 2.55 bits per heavy atom. The Labute approximate surface area is 131 Å². The molecule has 2 aliphatic rings. The van der Waals surface area contributed by atoms with Crippen LogP contribution in [0.5, 0.6) is 0 Å². The Morgan fingerprint density at radius 2 is 1.91 bits per heavy atom. The molecule has 2 fully saturated rings. The summed E-state index contributed by atoms with van der Waals surface area (Å²) in [4.78, 5) is 24.0. The van der Waals surface area contributed by atoms with Crippen molar-refractivity contribution in [3.05, 3.63) is 23.0 Å². The van der Waals surface area contributed by atoms with Crippen LogP contribution in [-0.4, -0.2) is 29.1 Å². The first-order valence-electron chi connectivity index (χ1n) is 8.21. The van der Waals surface area contributed by atoms with Crippen LogP contribution in [0.15, 0.2) is 6.07 Å². The van der Waals surface area contributed by atoms with Crippen molar-refractivity contribution in [1.29, 1.82) is 0 Å². The summed E-state index contributed by atoms with van der Waals surface area (Å²) in [7, 11) is 0. The molecule has 120 valence electrons. The highest BCUT2D eigenvalue weighted by Crippen LogP contribution is 2.38. The van der Waals surface area contributed by atoms with Gasteiger partial charge in [-0.15, -0.1) is 0 Å². The zero-order chi connectivity index (χ0) is 15.7. The van der Waals surface area contributed by atoms with Crippen LogP contribution >= 0.6 is 0 Å². The standard InChI is InChI=1S/C17H24N2O3/c1-11-9-15(12(2)19(11)14-7-8-14)17(21)22-10-16(20)18-13-5-3-4-6-13/h9,13-14H,3-8,10H2,1-2H3,(H,18,20). The maximum atomic E-state index is 12.2. The molecule has 1 N–H and O–H groups in total. The van der Waals surface area contributed by atoms with E-state index in [4.69, 9.17) is 4.74 Å². The average Bonchev–Trinajstić information content (AvgIpc) is 3.09. The van der Waals surface area contributed by atoms with Crippen LogP contribution in [0.2, 0.25) is 0 Å². The van der Waals surface area contributed by atoms with E-state index in [1.54, 1.807) is 0 Å². The van der Waals surface area contributed by atoms with Gasteiger partial charge >= 0.3 is 5.97 Å². The minimum absolute atomic E-state index is 0.192. The molecule has 1 amide bonds. The molecule has 1 heterocycles. The van der Waals surface area contributed by atoms with E-state index in [0.717, 1.165) is 37.1 Å². The Kier molecular flexibility index (Phi) is 4.23. The van der Waals surface area contributed by atoms with Crippen molar-refractivity contribution in [3.8, 4) is 0 Å². The highest BCUT2D eigenvalue weighted by atomic mass is 16.5. The van der Waals surface area contributed by atoms with Crippen molar-refractivity contribution in [2.24, 2.45) is 0 Å². The zero-order valence-electron chi connectivity index (χ0n) is 13.4. The van der Waals surface area contributed by atoms with Gasteiger partial charge in [0.25, 0.3) is 5.91 Å². The summed E-state index contributed by atoms with van der Waals surface area (Å²) in [6, 6.07) is 2.66. The lowest BCUT2D eigenvalue weighted by Crippen LogP contribution is -2.35. The van der Waals surface area contributed by atoms with E-state index in [9.17, 15) is 9.59 Å². The van der Waals surface area contributed by atoms with Gasteiger partial charge in [0.1, 0.15) is 0 Å². The smallest absolute Gasteiger partial charge is 0.340 e. The second kappa shape index (κ2) is 6.15. The van der Waals surface area contributed by atoms with Gasteiger partial charge in [-0.25, -0.2) is 4.79 Å². The first-order chi connectivity index (χ1) is 10.6. The Hall–Kier alpha value is -1.78. The monoisotopic (exact) mass is 304 g/mol. The van der Waals surface area contributed by atoms with Crippen molar-refractivity contribution in [1.82, 2.24) is 9.88 Å². The van der Waals surface area contributed by atoms with Gasteiger partial charge in [-0.1, -0.05) is 12.8 Å². The molecule has 5 heteroatoms. The third-order valence-corrected chi connectivity index (χ3v) is 4.67. The summed E-state index contributed by atoms with van der Waals surface area (Å²) < 4.78 is 7.39. The maximum Gasteiger partial charge on any atom is 0.340 e. The van der Waals surface area contributed by atoms with Crippen LogP contribution in [0.3, 0.4) is 0 Å². The fourth-order valence-electron chi connectivity index (χ4n) is 3.43. The number of aryl methyl sites for hydroxylation is 1. The van der Waals surface area contributed by atoms with E-state index >= 15 is 0 Å². The fraction of sp³-hybridized carbons (Fsp3) is 0.647. The lowest BCUT2D eigenvalue weighted by Gasteiger charge is -2.12. The number of rotatable bonds is 5. The molecule has 0 spiro atoms. The number of hydrogen-bond donors (Lipinski definition) is 1. The summed E-state index contributed by atoms with van der Waals surface area (Å²) in [5.41, 5.74) is 2.61. The van der Waals surface area contributed by atoms with E-state index in [0.29, 0.717) is 11.6 Å². The summed E-state index contributed by atoms with van der Waals surface area (Å²) >= 11 is 0. The molecule has 0 aliphatic heterocycles. The summed E-state index contributed by atoms with van der Waals surface area (Å²) in [5.74, 6) is -0.599. The van der Waals surface area contributed by atoms with E-state index in [1.165, 1.54) is 12.8 Å². The highest BCUT2D eigenvalue weighted by Gasteiger charge is 2.29. The molecule has 2 saturated carbocycles. The molecular weight excluding hydrogens is 280 g/mol. The largest absolute Gasteiger partial charge is 0.452 e. The van der Waals surface area contributed by atoms with Crippen molar-refractivity contribution in [2.75, 3.05) is 6.61 Å². The number of amides is 1. The van der Waals surface area contributed by atoms with Gasteiger partial charge in [0.2, 0.25) is 0 Å². The number of carbonyl (C=O) groups is 2. The number of ether oxygens (including phenoxy) is 1. The number of carbonyl (C=O) groups excluding carboxylic acids is 2. The van der Waals surface area contributed by atoms with Crippen molar-refractivity contribution < 1.29 is 14.3 Å². The van der Waals surface area contributed by atoms with Crippen LogP contribution in [0.25, 0.3) is 0 Å². The highest BCUT2D eigenvalue weighted by molar-refractivity contribution is 5.92. The third kappa shape index (κ3) is 3.18. The lowest BCUT2D eigenvalue weighted by atomic mass is 10.2. The predicted molar refractivity (Wildman–Crippen MR) is 82.9 cm³/mol. The normalized spacial score (nSPS) is 18.5. The maximum absolute atomic E-state index is 12.2. The SMILES string of the molecule is Cc1cc(C(=O)OCC(=O)NC2CCCC2)c(C)n1C1CC1. The Balaban J connectivity index is 1.55. The average molecular weight is 304 g/mol. The first-order valence-corrected chi connectivity index (χ1v) is 8.21. The number of nitrogens with one attached hydrogen (secondary N) is 1. The number of nitrogens with zero attached hydrogens (tertiary/aromatic N) is 1. The van der Waals surface area contributed by atoms with Gasteiger partial charge < -0.3 is 14.6 Å². The van der Waals surface area contributed by atoms with Crippen LogP contribution in [-0.2, 0) is 9.53 Å². The molecule has 0 unspecified atom stereocenters. The molecule has 0 radical (unpaired) electrons. The van der Waals surface area contributed by atoms with Crippen LogP contribution < -0.4 is 5.32 Å². The van der Waals surface area contributed by atoms with Crippen molar-refractivity contribution in [2.45, 2.75) is 64.5 Å². The molecule has 2 aliphatic carbocycles. The molecule has 3 rings (SSSR count). The molecule has 0 aromatic carbocycles. The first kappa shape index (κ1) is 15.1. The molecule has 0 saturated heterocycles. The van der Waals surface area contributed by atoms with Crippen molar-refractivity contribution >= 4 is 11.9 Å². The molecule has 0 atom stereocenters. The van der Waals surface area contributed by atoms with Crippen molar-refractivity contribution in [3.63, 3.8) is 0 Å². The lowest BCUT2D eigenvalue weighted by molar-refractivity contribution is -0.124. The van der Waals surface area contributed by atoms with Crippen LogP contribution in [0, 0.1) is 13.8 Å². The summed E-state index contributed by atoms with van der Waals surface area (Å²) in [6.45, 7) is 3.76. The van der Waals surface area contributed by atoms with Crippen LogP contribution in [0.1, 0.15) is 66.3 Å². The van der Waals surface area contributed by atoms with E-state index < -0.39 is 5.97 Å². The fourth-order valence-corrected chi connectivity index (χ4v) is 3.43. The number of esters is 1. The van der Waals surface area contributed by atoms with Gasteiger partial charge in [-0.3, -0.25) is 4.79 Å². The second-order valence-corrected chi connectivity index (χ2v) is 6.51. The number of hydrogen-bond acceptors (Lipinski definition) is 3. The molecule has 22 heavy (non-hydrogen) atoms. The van der Waals surface area contributed by atoms with Gasteiger partial charge in [0.05, 0.1) is 5.56 Å². The molecule has 1 aromatic heterocycles. The van der Waals surface area contributed by atoms with E-state index in [1.807, 2.05) is 19.9 Å². The van der Waals surface area contributed by atoms with Crippen LogP contribution in [0.4, 0.5) is 0 Å². The minimum Gasteiger partial charge on any atom is -0.452 e.